The maximum absolute atomic E-state index is 11.5. The molecule has 0 saturated carbocycles. The van der Waals surface area contributed by atoms with Gasteiger partial charge in [0.05, 0.1) is 29.2 Å². The minimum absolute atomic E-state index is 0.0652. The number of ether oxygens (including phenoxy) is 1. The van der Waals surface area contributed by atoms with Crippen LogP contribution in [0.2, 0.25) is 0 Å². The molecule has 5 heteroatoms. The van der Waals surface area contributed by atoms with Crippen molar-refractivity contribution in [2.24, 2.45) is 5.92 Å². The molecule has 1 atom stereocenters. The van der Waals surface area contributed by atoms with Crippen molar-refractivity contribution in [2.45, 2.75) is 33.2 Å². The van der Waals surface area contributed by atoms with Gasteiger partial charge in [-0.15, -0.1) is 0 Å². The number of rotatable bonds is 6. The maximum atomic E-state index is 11.5. The summed E-state index contributed by atoms with van der Waals surface area (Å²) in [6, 6.07) is 5.30. The van der Waals surface area contributed by atoms with E-state index in [4.69, 9.17) is 4.74 Å². The van der Waals surface area contributed by atoms with Gasteiger partial charge in [0.25, 0.3) is 0 Å². The Morgan fingerprint density at radius 3 is 2.67 bits per heavy atom. The quantitative estimate of drug-likeness (QED) is 0.887. The van der Waals surface area contributed by atoms with Crippen molar-refractivity contribution < 1.29 is 14.6 Å². The molecule has 1 heterocycles. The van der Waals surface area contributed by atoms with Crippen molar-refractivity contribution in [3.05, 3.63) is 29.6 Å². The first kappa shape index (κ1) is 15.5. The summed E-state index contributed by atoms with van der Waals surface area (Å²) in [7, 11) is 1.66. The van der Waals surface area contributed by atoms with Gasteiger partial charge in [0.15, 0.2) is 0 Å². The Hall–Kier alpha value is -1.88. The Balaban J connectivity index is 2.77. The molecule has 0 radical (unpaired) electrons. The van der Waals surface area contributed by atoms with Crippen LogP contribution in [0, 0.1) is 5.92 Å². The zero-order chi connectivity index (χ0) is 15.6. The molecule has 21 heavy (non-hydrogen) atoms. The molecule has 0 aliphatic carbocycles. The average molecular weight is 290 g/mol. The number of nitrogens with zero attached hydrogens (tertiary/aromatic N) is 2. The van der Waals surface area contributed by atoms with Crippen molar-refractivity contribution in [1.82, 2.24) is 9.55 Å². The standard InChI is InChI=1S/C16H22N2O3/c1-5-14-17-12-8-6-7-11(16(19)20)15(12)18(14)13(9-21-4)10(2)3/h6-8,10,13H,5,9H2,1-4H3,(H,19,20). The molecule has 0 fully saturated rings. The second kappa shape index (κ2) is 6.26. The molecule has 0 bridgehead atoms. The normalized spacial score (nSPS) is 13.0. The van der Waals surface area contributed by atoms with Gasteiger partial charge in [-0.2, -0.15) is 0 Å². The number of carboxylic acid groups (broad SMARTS) is 1. The fourth-order valence-electron chi connectivity index (χ4n) is 2.71. The van der Waals surface area contributed by atoms with Crippen LogP contribution in [0.5, 0.6) is 0 Å². The van der Waals surface area contributed by atoms with E-state index < -0.39 is 5.97 Å². The molecule has 1 N–H and O–H groups in total. The first-order chi connectivity index (χ1) is 10.0. The van der Waals surface area contributed by atoms with Crippen LogP contribution in [0.15, 0.2) is 18.2 Å². The van der Waals surface area contributed by atoms with Crippen LogP contribution >= 0.6 is 0 Å². The molecule has 2 aromatic rings. The number of aromatic carboxylic acids is 1. The molecule has 114 valence electrons. The molecule has 1 aromatic heterocycles. The molecule has 2 rings (SSSR count). The number of hydrogen-bond donors (Lipinski definition) is 1. The summed E-state index contributed by atoms with van der Waals surface area (Å²) in [5.41, 5.74) is 1.72. The zero-order valence-corrected chi connectivity index (χ0v) is 13.0. The first-order valence-electron chi connectivity index (χ1n) is 7.23. The Kier molecular flexibility index (Phi) is 4.63. The van der Waals surface area contributed by atoms with Gasteiger partial charge in [0, 0.05) is 13.5 Å². The van der Waals surface area contributed by atoms with E-state index in [1.54, 1.807) is 19.2 Å². The second-order valence-electron chi connectivity index (χ2n) is 5.50. The predicted octanol–water partition coefficient (Wildman–Crippen LogP) is 3.14. The fourth-order valence-corrected chi connectivity index (χ4v) is 2.71. The first-order valence-corrected chi connectivity index (χ1v) is 7.23. The third-order valence-corrected chi connectivity index (χ3v) is 3.77. The van der Waals surface area contributed by atoms with Gasteiger partial charge in [0.1, 0.15) is 5.82 Å². The van der Waals surface area contributed by atoms with E-state index in [1.807, 2.05) is 17.6 Å². The summed E-state index contributed by atoms with van der Waals surface area (Å²) in [6.07, 6.45) is 0.751. The second-order valence-corrected chi connectivity index (χ2v) is 5.50. The van der Waals surface area contributed by atoms with Crippen molar-refractivity contribution in [3.63, 3.8) is 0 Å². The van der Waals surface area contributed by atoms with Gasteiger partial charge in [-0.25, -0.2) is 9.78 Å². The number of hydrogen-bond acceptors (Lipinski definition) is 3. The van der Waals surface area contributed by atoms with E-state index in [-0.39, 0.29) is 6.04 Å². The lowest BCUT2D eigenvalue weighted by atomic mass is 10.0. The number of carboxylic acids is 1. The number of aromatic nitrogens is 2. The van der Waals surface area contributed by atoms with E-state index in [0.717, 1.165) is 17.8 Å². The van der Waals surface area contributed by atoms with Crippen molar-refractivity contribution in [1.29, 1.82) is 0 Å². The Bertz CT molecular complexity index is 646. The highest BCUT2D eigenvalue weighted by Crippen LogP contribution is 2.29. The van der Waals surface area contributed by atoms with Crippen LogP contribution in [-0.2, 0) is 11.2 Å². The van der Waals surface area contributed by atoms with Crippen LogP contribution in [0.1, 0.15) is 43.0 Å². The van der Waals surface area contributed by atoms with Crippen LogP contribution < -0.4 is 0 Å². The van der Waals surface area contributed by atoms with Gasteiger partial charge in [-0.1, -0.05) is 26.8 Å². The minimum atomic E-state index is -0.927. The molecule has 0 amide bonds. The minimum Gasteiger partial charge on any atom is -0.478 e. The molecule has 1 aromatic carbocycles. The summed E-state index contributed by atoms with van der Waals surface area (Å²) in [4.78, 5) is 16.1. The summed E-state index contributed by atoms with van der Waals surface area (Å²) in [6.45, 7) is 6.78. The Morgan fingerprint density at radius 1 is 1.43 bits per heavy atom. The number of benzene rings is 1. The summed E-state index contributed by atoms with van der Waals surface area (Å²) >= 11 is 0. The van der Waals surface area contributed by atoms with Gasteiger partial charge in [-0.3, -0.25) is 0 Å². The third-order valence-electron chi connectivity index (χ3n) is 3.77. The van der Waals surface area contributed by atoms with E-state index in [1.165, 1.54) is 0 Å². The van der Waals surface area contributed by atoms with E-state index in [9.17, 15) is 9.90 Å². The van der Waals surface area contributed by atoms with Crippen molar-refractivity contribution in [3.8, 4) is 0 Å². The number of methoxy groups -OCH3 is 1. The number of aryl methyl sites for hydroxylation is 1. The van der Waals surface area contributed by atoms with Gasteiger partial charge in [-0.05, 0) is 18.1 Å². The Morgan fingerprint density at radius 2 is 2.14 bits per heavy atom. The summed E-state index contributed by atoms with van der Waals surface area (Å²) in [5.74, 6) is 0.285. The molecule has 0 aliphatic rings. The highest BCUT2D eigenvalue weighted by molar-refractivity contribution is 6.01. The van der Waals surface area contributed by atoms with Crippen LogP contribution in [-0.4, -0.2) is 34.3 Å². The van der Waals surface area contributed by atoms with E-state index in [2.05, 4.69) is 18.8 Å². The molecule has 1 unspecified atom stereocenters. The van der Waals surface area contributed by atoms with E-state index >= 15 is 0 Å². The molecular weight excluding hydrogens is 268 g/mol. The fraction of sp³-hybridized carbons (Fsp3) is 0.500. The predicted molar refractivity (Wildman–Crippen MR) is 81.8 cm³/mol. The average Bonchev–Trinajstić information content (AvgIpc) is 2.82. The lowest BCUT2D eigenvalue weighted by Crippen LogP contribution is -2.23. The lowest BCUT2D eigenvalue weighted by Gasteiger charge is -2.25. The van der Waals surface area contributed by atoms with Crippen molar-refractivity contribution in [2.75, 3.05) is 13.7 Å². The highest BCUT2D eigenvalue weighted by atomic mass is 16.5. The smallest absolute Gasteiger partial charge is 0.337 e. The van der Waals surface area contributed by atoms with Crippen molar-refractivity contribution >= 4 is 17.0 Å². The number of fused-ring (bicyclic) bond motifs is 1. The Labute approximate surface area is 124 Å². The molecule has 0 aliphatic heterocycles. The highest BCUT2D eigenvalue weighted by Gasteiger charge is 2.24. The van der Waals surface area contributed by atoms with Gasteiger partial charge >= 0.3 is 5.97 Å². The molecule has 0 spiro atoms. The van der Waals surface area contributed by atoms with Crippen LogP contribution in [0.3, 0.4) is 0 Å². The molecular formula is C16H22N2O3. The lowest BCUT2D eigenvalue weighted by molar-refractivity contribution is 0.0698. The van der Waals surface area contributed by atoms with Crippen LogP contribution in [0.25, 0.3) is 11.0 Å². The molecule has 5 nitrogen and oxygen atoms in total. The number of imidazole rings is 1. The monoisotopic (exact) mass is 290 g/mol. The topological polar surface area (TPSA) is 64.3 Å². The third kappa shape index (κ3) is 2.78. The number of carbonyl (C=O) groups is 1. The van der Waals surface area contributed by atoms with Gasteiger partial charge < -0.3 is 14.4 Å². The molecule has 0 saturated heterocycles. The van der Waals surface area contributed by atoms with Gasteiger partial charge in [0.2, 0.25) is 0 Å². The maximum Gasteiger partial charge on any atom is 0.337 e. The van der Waals surface area contributed by atoms with Crippen LogP contribution in [0.4, 0.5) is 0 Å². The zero-order valence-electron chi connectivity index (χ0n) is 13.0. The van der Waals surface area contributed by atoms with E-state index in [0.29, 0.717) is 23.6 Å². The summed E-state index contributed by atoms with van der Waals surface area (Å²) in [5, 5.41) is 9.47. The largest absolute Gasteiger partial charge is 0.478 e. The summed E-state index contributed by atoms with van der Waals surface area (Å²) < 4.78 is 7.39. The SMILES string of the molecule is CCc1nc2cccc(C(=O)O)c2n1C(COC)C(C)C. The number of para-hydroxylation sites is 1.